The lowest BCUT2D eigenvalue weighted by molar-refractivity contribution is -0.293. The molecule has 32 heteroatoms. The van der Waals surface area contributed by atoms with Crippen molar-refractivity contribution < 1.29 is 76.1 Å². The maximum atomic E-state index is 14.2. The Morgan fingerprint density at radius 2 is 1.15 bits per heavy atom. The first-order valence-electron chi connectivity index (χ1n) is 25.8. The van der Waals surface area contributed by atoms with Crippen LogP contribution in [0.3, 0.4) is 0 Å². The molecule has 4 aliphatic rings. The molecule has 3 heterocycles. The molecular formula is C49H62N16O16. The van der Waals surface area contributed by atoms with Crippen molar-refractivity contribution in [2.45, 2.75) is 184 Å². The number of azide groups is 5. The van der Waals surface area contributed by atoms with Gasteiger partial charge in [-0.25, -0.2) is 4.79 Å². The van der Waals surface area contributed by atoms with Crippen LogP contribution in [0.15, 0.2) is 86.2 Å². The predicted molar refractivity (Wildman–Crippen MR) is 275 cm³/mol. The fourth-order valence-corrected chi connectivity index (χ4v) is 10.3. The summed E-state index contributed by atoms with van der Waals surface area (Å²) in [7, 11) is 0. The zero-order chi connectivity index (χ0) is 58.6. The third kappa shape index (κ3) is 16.7. The van der Waals surface area contributed by atoms with Crippen LogP contribution in [0.5, 0.6) is 0 Å². The second-order valence-electron chi connectivity index (χ2n) is 19.2. The van der Waals surface area contributed by atoms with Crippen LogP contribution in [0, 0.1) is 5.92 Å². The van der Waals surface area contributed by atoms with Crippen molar-refractivity contribution >= 4 is 30.0 Å². The minimum absolute atomic E-state index is 0.0382. The standard InChI is InChI=1S/C49H62N16O16/c1-7-35(65(22-30-14-10-8-11-15-30)49(70)72-23-31-16-12-9-13-17-31)36-19-18-32(56-61-51)46(76-36)79-42-34(58-63-53)20-33(57-62-52)41(74-28(5)68)44(42)81-48-45(75-29(6)69)43(38(78-48)24-71-26(3)66)80-47-39(59-64-54)25(2)40(73-27(4)67)37(77-47)21-55-60-50/h8-17,25,32-48H,7,18-24H2,1-6H3/t25-,32-,33-,34+,35+,36+,37+,38-,39-,40+,41+,42-,43-,44-,45-,46-,47-,48+/m1/s1. The number of carbonyl (C=O) groups is 5. The Morgan fingerprint density at radius 3 is 1.74 bits per heavy atom. The maximum absolute atomic E-state index is 14.2. The second-order valence-corrected chi connectivity index (χ2v) is 19.2. The number of ether oxygens (including phenoxy) is 11. The van der Waals surface area contributed by atoms with Crippen molar-refractivity contribution in [2.75, 3.05) is 13.2 Å². The molecule has 2 aromatic carbocycles. The van der Waals surface area contributed by atoms with Gasteiger partial charge in [0.05, 0.1) is 49.0 Å². The van der Waals surface area contributed by atoms with Crippen molar-refractivity contribution in [1.82, 2.24) is 4.90 Å². The minimum atomic E-state index is -1.86. The number of esters is 4. The summed E-state index contributed by atoms with van der Waals surface area (Å²) in [5, 5.41) is 19.3. The molecule has 1 saturated carbocycles. The highest BCUT2D eigenvalue weighted by molar-refractivity contribution is 5.69. The van der Waals surface area contributed by atoms with Crippen LogP contribution in [0.2, 0.25) is 0 Å². The number of benzene rings is 2. The monoisotopic (exact) mass is 1130 g/mol. The number of hydrogen-bond donors (Lipinski definition) is 0. The Bertz CT molecular complexity index is 2740. The largest absolute Gasteiger partial charge is 0.463 e. The van der Waals surface area contributed by atoms with E-state index in [0.29, 0.717) is 6.42 Å². The van der Waals surface area contributed by atoms with Crippen LogP contribution in [0.4, 0.5) is 4.79 Å². The average molecular weight is 1130 g/mol. The van der Waals surface area contributed by atoms with Crippen molar-refractivity contribution in [2.24, 2.45) is 31.5 Å². The maximum Gasteiger partial charge on any atom is 0.410 e. The van der Waals surface area contributed by atoms with Crippen LogP contribution in [0.1, 0.15) is 78.4 Å². The lowest BCUT2D eigenvalue weighted by atomic mass is 9.83. The predicted octanol–water partition coefficient (Wildman–Crippen LogP) is 8.14. The molecule has 2 aromatic rings. The Kier molecular flexibility index (Phi) is 23.4. The summed E-state index contributed by atoms with van der Waals surface area (Å²) in [6, 6.07) is 12.4. The van der Waals surface area contributed by atoms with Gasteiger partial charge in [0.25, 0.3) is 0 Å². The molecule has 3 saturated heterocycles. The summed E-state index contributed by atoms with van der Waals surface area (Å²) in [5.41, 5.74) is 50.2. The van der Waals surface area contributed by atoms with E-state index in [1.165, 1.54) is 4.90 Å². The Hall–Kier alpha value is -8.10. The molecule has 0 N–H and O–H groups in total. The van der Waals surface area contributed by atoms with E-state index in [9.17, 15) is 51.6 Å². The number of rotatable bonds is 24. The topological polar surface area (TPSA) is 434 Å². The lowest BCUT2D eigenvalue weighted by Gasteiger charge is -2.47. The van der Waals surface area contributed by atoms with Gasteiger partial charge in [-0.3, -0.25) is 24.1 Å². The van der Waals surface area contributed by atoms with E-state index in [-0.39, 0.29) is 32.4 Å². The molecule has 0 aromatic heterocycles. The quantitative estimate of drug-likeness (QED) is 0.0314. The van der Waals surface area contributed by atoms with Gasteiger partial charge in [0, 0.05) is 64.7 Å². The molecule has 1 aliphatic carbocycles. The zero-order valence-electron chi connectivity index (χ0n) is 45.0. The third-order valence-electron chi connectivity index (χ3n) is 13.8. The molecule has 6 rings (SSSR count). The summed E-state index contributed by atoms with van der Waals surface area (Å²) >= 11 is 0. The minimum Gasteiger partial charge on any atom is -0.463 e. The smallest absolute Gasteiger partial charge is 0.410 e. The molecule has 0 bridgehead atoms. The van der Waals surface area contributed by atoms with Crippen LogP contribution in [0.25, 0.3) is 52.2 Å². The molecule has 3 aliphatic heterocycles. The SMILES string of the molecule is CC[C@@H]([C@@H]1CC[C@@H](N=[N+]=[N-])[C@@H](O[C@H]2[C@H](O[C@@H]3O[C@H](COC(C)=O)[C@@H](O[C@H]4O[C@@H](CN=[N+]=[N-])[C@@H](OC(C)=O)[C@H](C)[C@H]4N=[N+]=[N-])[C@H]3OC(C)=O)[C@@H](OC(C)=O)[C@H](N=[N+]=[N-])C[C@@H]2N=[N+]=[N-])O1)N(Cc1ccccc1)C(=O)OCc1ccccc1. The molecule has 18 atom stereocenters. The van der Waals surface area contributed by atoms with E-state index in [0.717, 1.165) is 38.8 Å². The van der Waals surface area contributed by atoms with Gasteiger partial charge in [-0.05, 0) is 64.5 Å². The van der Waals surface area contributed by atoms with Crippen molar-refractivity contribution in [3.63, 3.8) is 0 Å². The Balaban J connectivity index is 1.41. The van der Waals surface area contributed by atoms with Crippen molar-refractivity contribution in [3.8, 4) is 0 Å². The summed E-state index contributed by atoms with van der Waals surface area (Å²) < 4.78 is 67.7. The molecule has 1 amide bonds. The fraction of sp³-hybridized carbons (Fsp3) is 0.653. The van der Waals surface area contributed by atoms with E-state index >= 15 is 0 Å². The number of amides is 1. The zero-order valence-corrected chi connectivity index (χ0v) is 45.0. The number of carbonyl (C=O) groups excluding carboxylic acids is 5. The Morgan fingerprint density at radius 1 is 0.593 bits per heavy atom. The van der Waals surface area contributed by atoms with Crippen molar-refractivity contribution in [3.05, 3.63) is 124 Å². The second kappa shape index (κ2) is 30.5. The first-order valence-corrected chi connectivity index (χ1v) is 25.8. The molecule has 0 spiro atoms. The molecular weight excluding hydrogens is 1070 g/mol. The normalized spacial score (nSPS) is 30.8. The summed E-state index contributed by atoms with van der Waals surface area (Å²) in [6.45, 7) is 6.77. The van der Waals surface area contributed by atoms with Crippen LogP contribution >= 0.6 is 0 Å². The van der Waals surface area contributed by atoms with Gasteiger partial charge in [-0.1, -0.05) is 100 Å². The highest BCUT2D eigenvalue weighted by atomic mass is 16.8. The van der Waals surface area contributed by atoms with Gasteiger partial charge in [-0.2, -0.15) is 0 Å². The Labute approximate surface area is 462 Å². The first kappa shape index (κ1) is 62.1. The first-order chi connectivity index (χ1) is 39.0. The molecule has 32 nitrogen and oxygen atoms in total. The summed E-state index contributed by atoms with van der Waals surface area (Å²) in [4.78, 5) is 81.3. The van der Waals surface area contributed by atoms with E-state index in [4.69, 9.17) is 52.1 Å². The van der Waals surface area contributed by atoms with Gasteiger partial charge < -0.3 is 52.1 Å². The average Bonchev–Trinajstić information content (AvgIpc) is 4.00. The van der Waals surface area contributed by atoms with E-state index < -0.39 is 153 Å². The van der Waals surface area contributed by atoms with E-state index in [2.05, 4.69) is 50.1 Å². The molecule has 81 heavy (non-hydrogen) atoms. The van der Waals surface area contributed by atoms with Gasteiger partial charge in [0.2, 0.25) is 0 Å². The molecule has 0 radical (unpaired) electrons. The highest BCUT2D eigenvalue weighted by Crippen LogP contribution is 2.41. The lowest BCUT2D eigenvalue weighted by Crippen LogP contribution is -2.62. The summed E-state index contributed by atoms with van der Waals surface area (Å²) in [6.07, 6.45) is -18.3. The van der Waals surface area contributed by atoms with E-state index in [1.54, 1.807) is 6.92 Å². The van der Waals surface area contributed by atoms with Crippen LogP contribution in [-0.2, 0) is 84.4 Å². The number of nitrogens with zero attached hydrogens (tertiary/aromatic N) is 16. The van der Waals surface area contributed by atoms with Gasteiger partial charge in [-0.15, -0.1) is 0 Å². The van der Waals surface area contributed by atoms with Crippen LogP contribution < -0.4 is 0 Å². The van der Waals surface area contributed by atoms with Gasteiger partial charge in [0.1, 0.15) is 49.8 Å². The highest BCUT2D eigenvalue weighted by Gasteiger charge is 2.57. The fourth-order valence-electron chi connectivity index (χ4n) is 10.3. The van der Waals surface area contributed by atoms with Gasteiger partial charge in [0.15, 0.2) is 25.0 Å². The van der Waals surface area contributed by atoms with Crippen LogP contribution in [-0.4, -0.2) is 152 Å². The third-order valence-corrected chi connectivity index (χ3v) is 13.8. The molecule has 0 unspecified atom stereocenters. The van der Waals surface area contributed by atoms with Gasteiger partial charge >= 0.3 is 30.0 Å². The van der Waals surface area contributed by atoms with E-state index in [1.807, 2.05) is 67.6 Å². The van der Waals surface area contributed by atoms with Crippen molar-refractivity contribution in [1.29, 1.82) is 0 Å². The molecule has 4 fully saturated rings. The summed E-state index contributed by atoms with van der Waals surface area (Å²) in [5.74, 6) is -4.27. The molecule has 434 valence electrons. The number of hydrogen-bond acceptors (Lipinski definition) is 21.